The largest absolute Gasteiger partial charge is 0.326 e. The van der Waals surface area contributed by atoms with Crippen molar-refractivity contribution in [2.24, 2.45) is 0 Å². The van der Waals surface area contributed by atoms with E-state index < -0.39 is 23.8 Å². The number of anilines is 1. The SMILES string of the molecule is Cc1nn(-c2ccccc2)c(C)c1CN(C)C(C)C(=O)NC(=O)Nc1ccccc1F. The molecule has 0 aliphatic carbocycles. The zero-order valence-electron chi connectivity index (χ0n) is 18.0. The predicted octanol–water partition coefficient (Wildman–Crippen LogP) is 3.80. The number of amides is 3. The molecular formula is C23H26FN5O2. The molecule has 2 N–H and O–H groups in total. The molecule has 0 saturated carbocycles. The van der Waals surface area contributed by atoms with E-state index >= 15 is 0 Å². The highest BCUT2D eigenvalue weighted by atomic mass is 19.1. The second-order valence-corrected chi connectivity index (χ2v) is 7.41. The second-order valence-electron chi connectivity index (χ2n) is 7.41. The Hall–Kier alpha value is -3.52. The summed E-state index contributed by atoms with van der Waals surface area (Å²) < 4.78 is 15.6. The summed E-state index contributed by atoms with van der Waals surface area (Å²) in [6.07, 6.45) is 0. The summed E-state index contributed by atoms with van der Waals surface area (Å²) >= 11 is 0. The van der Waals surface area contributed by atoms with Crippen molar-refractivity contribution in [3.63, 3.8) is 0 Å². The van der Waals surface area contributed by atoms with Crippen LogP contribution in [0.15, 0.2) is 54.6 Å². The molecule has 1 aromatic heterocycles. The maximum atomic E-state index is 13.7. The summed E-state index contributed by atoms with van der Waals surface area (Å²) in [5.41, 5.74) is 3.85. The minimum absolute atomic E-state index is 0.00776. The van der Waals surface area contributed by atoms with Crippen LogP contribution in [0.3, 0.4) is 0 Å². The van der Waals surface area contributed by atoms with Crippen LogP contribution in [0.2, 0.25) is 0 Å². The van der Waals surface area contributed by atoms with Crippen molar-refractivity contribution >= 4 is 17.6 Å². The van der Waals surface area contributed by atoms with Gasteiger partial charge in [0.2, 0.25) is 5.91 Å². The molecule has 0 saturated heterocycles. The van der Waals surface area contributed by atoms with Crippen LogP contribution >= 0.6 is 0 Å². The number of urea groups is 1. The van der Waals surface area contributed by atoms with Gasteiger partial charge in [-0.25, -0.2) is 13.9 Å². The molecule has 0 aliphatic heterocycles. The molecule has 0 spiro atoms. The first-order valence-corrected chi connectivity index (χ1v) is 9.95. The van der Waals surface area contributed by atoms with E-state index in [4.69, 9.17) is 0 Å². The minimum Gasteiger partial charge on any atom is -0.305 e. The number of aryl methyl sites for hydroxylation is 1. The Kier molecular flexibility index (Phi) is 6.81. The Morgan fingerprint density at radius 2 is 1.74 bits per heavy atom. The molecule has 2 aromatic carbocycles. The van der Waals surface area contributed by atoms with E-state index in [0.29, 0.717) is 6.54 Å². The lowest BCUT2D eigenvalue weighted by atomic mass is 10.1. The van der Waals surface area contributed by atoms with Crippen LogP contribution in [-0.4, -0.2) is 39.7 Å². The van der Waals surface area contributed by atoms with Gasteiger partial charge in [-0.3, -0.25) is 15.0 Å². The number of hydrogen-bond donors (Lipinski definition) is 2. The number of nitrogens with one attached hydrogen (secondary N) is 2. The first kappa shape index (κ1) is 22.2. The molecule has 1 atom stereocenters. The van der Waals surface area contributed by atoms with Crippen LogP contribution in [0.5, 0.6) is 0 Å². The van der Waals surface area contributed by atoms with E-state index in [0.717, 1.165) is 22.6 Å². The number of benzene rings is 2. The van der Waals surface area contributed by atoms with Gasteiger partial charge in [-0.2, -0.15) is 5.10 Å². The van der Waals surface area contributed by atoms with Crippen molar-refractivity contribution in [2.45, 2.75) is 33.4 Å². The lowest BCUT2D eigenvalue weighted by molar-refractivity contribution is -0.124. The van der Waals surface area contributed by atoms with Crippen LogP contribution in [0, 0.1) is 19.7 Å². The number of carbonyl (C=O) groups is 2. The number of rotatable bonds is 6. The highest BCUT2D eigenvalue weighted by Gasteiger charge is 2.23. The molecule has 8 heteroatoms. The molecule has 0 aliphatic rings. The molecule has 3 rings (SSSR count). The van der Waals surface area contributed by atoms with E-state index in [1.54, 1.807) is 20.0 Å². The van der Waals surface area contributed by atoms with E-state index in [-0.39, 0.29) is 5.69 Å². The number of aromatic nitrogens is 2. The van der Waals surface area contributed by atoms with Crippen molar-refractivity contribution in [3.8, 4) is 5.69 Å². The maximum absolute atomic E-state index is 13.7. The number of nitrogens with zero attached hydrogens (tertiary/aromatic N) is 3. The average Bonchev–Trinajstić information content (AvgIpc) is 3.03. The highest BCUT2D eigenvalue weighted by molar-refractivity contribution is 6.02. The molecule has 0 bridgehead atoms. The smallest absolute Gasteiger partial charge is 0.305 e. The zero-order chi connectivity index (χ0) is 22.5. The van der Waals surface area contributed by atoms with Gasteiger partial charge in [-0.05, 0) is 52.1 Å². The van der Waals surface area contributed by atoms with Gasteiger partial charge in [0.1, 0.15) is 5.82 Å². The van der Waals surface area contributed by atoms with Gasteiger partial charge in [0, 0.05) is 17.8 Å². The molecular weight excluding hydrogens is 397 g/mol. The minimum atomic E-state index is -0.778. The average molecular weight is 423 g/mol. The summed E-state index contributed by atoms with van der Waals surface area (Å²) in [7, 11) is 1.80. The van der Waals surface area contributed by atoms with Gasteiger partial charge in [0.15, 0.2) is 0 Å². The number of hydrogen-bond acceptors (Lipinski definition) is 4. The molecule has 3 aromatic rings. The number of halogens is 1. The molecule has 31 heavy (non-hydrogen) atoms. The van der Waals surface area contributed by atoms with Crippen LogP contribution in [0.25, 0.3) is 5.69 Å². The van der Waals surface area contributed by atoms with Crippen molar-refractivity contribution in [2.75, 3.05) is 12.4 Å². The van der Waals surface area contributed by atoms with Crippen LogP contribution in [0.4, 0.5) is 14.9 Å². The predicted molar refractivity (Wildman–Crippen MR) is 118 cm³/mol. The molecule has 7 nitrogen and oxygen atoms in total. The van der Waals surface area contributed by atoms with E-state index in [9.17, 15) is 14.0 Å². The third kappa shape index (κ3) is 5.16. The number of carbonyl (C=O) groups excluding carboxylic acids is 2. The van der Waals surface area contributed by atoms with Gasteiger partial charge in [-0.15, -0.1) is 0 Å². The number of imide groups is 1. The summed E-state index contributed by atoms with van der Waals surface area (Å²) in [6, 6.07) is 14.2. The number of para-hydroxylation sites is 2. The zero-order valence-corrected chi connectivity index (χ0v) is 18.0. The Labute approximate surface area is 180 Å². The summed E-state index contributed by atoms with van der Waals surface area (Å²) in [5.74, 6) is -1.06. The summed E-state index contributed by atoms with van der Waals surface area (Å²) in [6.45, 7) is 6.11. The van der Waals surface area contributed by atoms with E-state index in [2.05, 4.69) is 15.7 Å². The van der Waals surface area contributed by atoms with Gasteiger partial charge in [-0.1, -0.05) is 30.3 Å². The van der Waals surface area contributed by atoms with Crippen molar-refractivity contribution in [1.29, 1.82) is 0 Å². The lowest BCUT2D eigenvalue weighted by Gasteiger charge is -2.23. The fourth-order valence-electron chi connectivity index (χ4n) is 3.24. The molecule has 1 heterocycles. The molecule has 1 unspecified atom stereocenters. The lowest BCUT2D eigenvalue weighted by Crippen LogP contribution is -2.46. The first-order valence-electron chi connectivity index (χ1n) is 9.95. The van der Waals surface area contributed by atoms with Crippen molar-refractivity contribution < 1.29 is 14.0 Å². The second kappa shape index (κ2) is 9.53. The topological polar surface area (TPSA) is 79.3 Å². The van der Waals surface area contributed by atoms with E-state index in [1.165, 1.54) is 18.2 Å². The normalized spacial score (nSPS) is 11.9. The standard InChI is InChI=1S/C23H26FN5O2/c1-15-19(16(2)29(27-15)18-10-6-5-7-11-18)14-28(4)17(3)22(30)26-23(31)25-21-13-9-8-12-20(21)24/h5-13,17H,14H2,1-4H3,(H2,25,26,30,31). The highest BCUT2D eigenvalue weighted by Crippen LogP contribution is 2.20. The molecule has 162 valence electrons. The third-order valence-corrected chi connectivity index (χ3v) is 5.25. The van der Waals surface area contributed by atoms with Gasteiger partial charge in [0.05, 0.1) is 23.1 Å². The van der Waals surface area contributed by atoms with Crippen LogP contribution in [-0.2, 0) is 11.3 Å². The van der Waals surface area contributed by atoms with E-state index in [1.807, 2.05) is 53.8 Å². The summed E-state index contributed by atoms with van der Waals surface area (Å²) in [4.78, 5) is 26.4. The van der Waals surface area contributed by atoms with Gasteiger partial charge < -0.3 is 5.32 Å². The maximum Gasteiger partial charge on any atom is 0.326 e. The van der Waals surface area contributed by atoms with Crippen LogP contribution in [0.1, 0.15) is 23.9 Å². The Morgan fingerprint density at radius 3 is 2.42 bits per heavy atom. The quantitative estimate of drug-likeness (QED) is 0.632. The molecule has 0 radical (unpaired) electrons. The Balaban J connectivity index is 1.64. The molecule has 0 fully saturated rings. The Bertz CT molecular complexity index is 1080. The summed E-state index contributed by atoms with van der Waals surface area (Å²) in [5, 5.41) is 9.24. The number of likely N-dealkylation sites (N-methyl/N-ethyl adjacent to an activating group) is 1. The fraction of sp³-hybridized carbons (Fsp3) is 0.261. The fourth-order valence-corrected chi connectivity index (χ4v) is 3.24. The van der Waals surface area contributed by atoms with Crippen molar-refractivity contribution in [1.82, 2.24) is 20.0 Å². The molecule has 3 amide bonds. The van der Waals surface area contributed by atoms with Crippen molar-refractivity contribution in [3.05, 3.63) is 77.4 Å². The third-order valence-electron chi connectivity index (χ3n) is 5.25. The van der Waals surface area contributed by atoms with Crippen LogP contribution < -0.4 is 10.6 Å². The van der Waals surface area contributed by atoms with Gasteiger partial charge >= 0.3 is 6.03 Å². The van der Waals surface area contributed by atoms with Gasteiger partial charge in [0.25, 0.3) is 0 Å². The first-order chi connectivity index (χ1) is 14.8. The monoisotopic (exact) mass is 423 g/mol. The Morgan fingerprint density at radius 1 is 1.10 bits per heavy atom.